The van der Waals surface area contributed by atoms with Crippen LogP contribution in [0.4, 0.5) is 5.69 Å². The first-order chi connectivity index (χ1) is 19.3. The first-order valence-corrected chi connectivity index (χ1v) is 13.7. The second kappa shape index (κ2) is 13.3. The Morgan fingerprint density at radius 2 is 1.85 bits per heavy atom. The Labute approximate surface area is 236 Å². The Balaban J connectivity index is 1.75. The van der Waals surface area contributed by atoms with Crippen molar-refractivity contribution in [3.05, 3.63) is 70.2 Å². The van der Waals surface area contributed by atoms with Crippen molar-refractivity contribution in [2.45, 2.75) is 38.5 Å². The number of rotatable bonds is 12. The zero-order chi connectivity index (χ0) is 28.6. The zero-order valence-electron chi connectivity index (χ0n) is 22.4. The standard InChI is InChI=1S/C28H33N5O6S/c1-3-38-20-12-8-18(9-13-20)24(27(35)31-15-21-5-4-14-39-21)33(16-17-6-10-19(37-2)11-7-17)28(36)25-22(29)23(26(30)34)32-40-25/h6-13,21,24H,3-5,14-16,29H2,1-2H3,(H2,30,34)(H,31,35)/t21-,24-/m1/s1. The largest absolute Gasteiger partial charge is 0.497 e. The minimum absolute atomic E-state index is 0.0187. The van der Waals surface area contributed by atoms with E-state index in [0.717, 1.165) is 29.9 Å². The number of nitrogens with zero attached hydrogens (tertiary/aromatic N) is 2. The number of anilines is 1. The molecule has 4 rings (SSSR count). The van der Waals surface area contributed by atoms with Crippen LogP contribution in [0.1, 0.15) is 57.1 Å². The van der Waals surface area contributed by atoms with Crippen molar-refractivity contribution in [1.29, 1.82) is 0 Å². The van der Waals surface area contributed by atoms with E-state index in [9.17, 15) is 14.4 Å². The maximum absolute atomic E-state index is 14.1. The lowest BCUT2D eigenvalue weighted by Gasteiger charge is -2.31. The molecule has 1 fully saturated rings. The highest BCUT2D eigenvalue weighted by molar-refractivity contribution is 7.09. The molecule has 40 heavy (non-hydrogen) atoms. The molecule has 0 saturated carbocycles. The van der Waals surface area contributed by atoms with Gasteiger partial charge in [0.1, 0.15) is 22.4 Å². The monoisotopic (exact) mass is 567 g/mol. The van der Waals surface area contributed by atoms with Gasteiger partial charge in [0, 0.05) is 19.7 Å². The lowest BCUT2D eigenvalue weighted by Crippen LogP contribution is -2.45. The number of methoxy groups -OCH3 is 1. The molecule has 3 amide bonds. The summed E-state index contributed by atoms with van der Waals surface area (Å²) in [6, 6.07) is 13.1. The van der Waals surface area contributed by atoms with Gasteiger partial charge in [-0.1, -0.05) is 24.3 Å². The highest BCUT2D eigenvalue weighted by Gasteiger charge is 2.35. The molecule has 0 aliphatic carbocycles. The molecule has 0 spiro atoms. The second-order valence-electron chi connectivity index (χ2n) is 9.20. The summed E-state index contributed by atoms with van der Waals surface area (Å²) in [5.41, 5.74) is 12.5. The number of hydrogen-bond donors (Lipinski definition) is 3. The van der Waals surface area contributed by atoms with Crippen molar-refractivity contribution in [2.75, 3.05) is 32.6 Å². The first-order valence-electron chi connectivity index (χ1n) is 12.9. The van der Waals surface area contributed by atoms with Crippen molar-refractivity contribution in [2.24, 2.45) is 5.73 Å². The van der Waals surface area contributed by atoms with Gasteiger partial charge >= 0.3 is 0 Å². The fourth-order valence-electron chi connectivity index (χ4n) is 4.47. The van der Waals surface area contributed by atoms with Crippen LogP contribution in [0.3, 0.4) is 0 Å². The summed E-state index contributed by atoms with van der Waals surface area (Å²) in [5, 5.41) is 2.97. The minimum atomic E-state index is -1.05. The molecule has 5 N–H and O–H groups in total. The fraction of sp³-hybridized carbons (Fsp3) is 0.357. The van der Waals surface area contributed by atoms with Gasteiger partial charge in [-0.3, -0.25) is 14.4 Å². The number of amides is 3. The average Bonchev–Trinajstić information content (AvgIpc) is 3.62. The van der Waals surface area contributed by atoms with Crippen LogP contribution in [0.5, 0.6) is 11.5 Å². The number of benzene rings is 2. The van der Waals surface area contributed by atoms with E-state index in [1.165, 1.54) is 4.90 Å². The average molecular weight is 568 g/mol. The molecule has 2 heterocycles. The van der Waals surface area contributed by atoms with Crippen molar-refractivity contribution >= 4 is 34.9 Å². The zero-order valence-corrected chi connectivity index (χ0v) is 23.2. The van der Waals surface area contributed by atoms with Gasteiger partial charge in [0.05, 0.1) is 25.5 Å². The number of carbonyl (C=O) groups excluding carboxylic acids is 3. The van der Waals surface area contributed by atoms with Gasteiger partial charge in [0.2, 0.25) is 5.91 Å². The third-order valence-electron chi connectivity index (χ3n) is 6.52. The third kappa shape index (κ3) is 6.69. The number of nitrogens with one attached hydrogen (secondary N) is 1. The summed E-state index contributed by atoms with van der Waals surface area (Å²) in [4.78, 5) is 41.2. The van der Waals surface area contributed by atoms with Crippen LogP contribution in [-0.2, 0) is 16.1 Å². The lowest BCUT2D eigenvalue weighted by molar-refractivity contribution is -0.126. The predicted octanol–water partition coefficient (Wildman–Crippen LogP) is 2.91. The molecule has 3 aromatic rings. The molecule has 1 saturated heterocycles. The number of nitrogens with two attached hydrogens (primary N) is 2. The van der Waals surface area contributed by atoms with Gasteiger partial charge in [-0.15, -0.1) is 0 Å². The molecular weight excluding hydrogens is 534 g/mol. The Morgan fingerprint density at radius 1 is 1.15 bits per heavy atom. The molecule has 2 aromatic carbocycles. The number of ether oxygens (including phenoxy) is 3. The molecule has 11 nitrogen and oxygen atoms in total. The van der Waals surface area contributed by atoms with Crippen LogP contribution in [-0.4, -0.2) is 60.0 Å². The predicted molar refractivity (Wildman–Crippen MR) is 150 cm³/mol. The smallest absolute Gasteiger partial charge is 0.270 e. The van der Waals surface area contributed by atoms with Crippen LogP contribution in [0.15, 0.2) is 48.5 Å². The Bertz CT molecular complexity index is 1320. The van der Waals surface area contributed by atoms with Gasteiger partial charge in [-0.25, -0.2) is 0 Å². The summed E-state index contributed by atoms with van der Waals surface area (Å²) < 4.78 is 20.5. The Kier molecular flexibility index (Phi) is 9.56. The van der Waals surface area contributed by atoms with E-state index in [2.05, 4.69) is 9.69 Å². The summed E-state index contributed by atoms with van der Waals surface area (Å²) in [6.45, 7) is 3.38. The van der Waals surface area contributed by atoms with Gasteiger partial charge < -0.3 is 35.9 Å². The SMILES string of the molecule is CCOc1ccc([C@H](C(=O)NC[C@H]2CCCO2)N(Cc2ccc(OC)cc2)C(=O)c2snc(C(N)=O)c2N)cc1. The van der Waals surface area contributed by atoms with E-state index in [4.69, 9.17) is 25.7 Å². The summed E-state index contributed by atoms with van der Waals surface area (Å²) in [5.74, 6) is -0.511. The van der Waals surface area contributed by atoms with E-state index in [1.807, 2.05) is 19.1 Å². The number of nitrogen functional groups attached to an aromatic ring is 1. The van der Waals surface area contributed by atoms with E-state index >= 15 is 0 Å². The molecule has 1 aliphatic heterocycles. The third-order valence-corrected chi connectivity index (χ3v) is 7.37. The molecule has 2 atom stereocenters. The number of carbonyl (C=O) groups is 3. The summed E-state index contributed by atoms with van der Waals surface area (Å²) in [7, 11) is 1.56. The van der Waals surface area contributed by atoms with E-state index < -0.39 is 17.9 Å². The number of primary amides is 1. The van der Waals surface area contributed by atoms with Gasteiger partial charge in [-0.2, -0.15) is 4.37 Å². The lowest BCUT2D eigenvalue weighted by atomic mass is 10.0. The maximum Gasteiger partial charge on any atom is 0.270 e. The molecule has 0 bridgehead atoms. The highest BCUT2D eigenvalue weighted by atomic mass is 32.1. The van der Waals surface area contributed by atoms with Crippen molar-refractivity contribution in [3.63, 3.8) is 0 Å². The molecular formula is C28H33N5O6S. The van der Waals surface area contributed by atoms with E-state index in [-0.39, 0.29) is 34.8 Å². The van der Waals surface area contributed by atoms with Crippen LogP contribution in [0, 0.1) is 0 Å². The van der Waals surface area contributed by atoms with Crippen molar-refractivity contribution in [3.8, 4) is 11.5 Å². The quantitative estimate of drug-likeness (QED) is 0.301. The molecule has 12 heteroatoms. The van der Waals surface area contributed by atoms with Crippen molar-refractivity contribution in [1.82, 2.24) is 14.6 Å². The molecule has 1 aromatic heterocycles. The topological polar surface area (TPSA) is 159 Å². The van der Waals surface area contributed by atoms with Crippen LogP contribution in [0.25, 0.3) is 0 Å². The number of aromatic nitrogens is 1. The normalized spacial score (nSPS) is 15.3. The van der Waals surface area contributed by atoms with Gasteiger partial charge in [0.25, 0.3) is 11.8 Å². The highest BCUT2D eigenvalue weighted by Crippen LogP contribution is 2.31. The minimum Gasteiger partial charge on any atom is -0.497 e. The molecule has 212 valence electrons. The second-order valence-corrected chi connectivity index (χ2v) is 9.98. The Morgan fingerprint density at radius 3 is 2.42 bits per heavy atom. The Hall–Kier alpha value is -4.16. The fourth-order valence-corrected chi connectivity index (χ4v) is 5.23. The maximum atomic E-state index is 14.1. The first kappa shape index (κ1) is 28.8. The van der Waals surface area contributed by atoms with Gasteiger partial charge in [0.15, 0.2) is 5.69 Å². The van der Waals surface area contributed by atoms with Crippen molar-refractivity contribution < 1.29 is 28.6 Å². The van der Waals surface area contributed by atoms with Crippen LogP contribution in [0.2, 0.25) is 0 Å². The van der Waals surface area contributed by atoms with E-state index in [1.54, 1.807) is 43.5 Å². The molecule has 0 unspecified atom stereocenters. The van der Waals surface area contributed by atoms with E-state index in [0.29, 0.717) is 36.8 Å². The summed E-state index contributed by atoms with van der Waals surface area (Å²) in [6.07, 6.45) is 1.68. The molecule has 1 aliphatic rings. The molecule has 0 radical (unpaired) electrons. The summed E-state index contributed by atoms with van der Waals surface area (Å²) >= 11 is 0.766. The van der Waals surface area contributed by atoms with Crippen LogP contribution >= 0.6 is 11.5 Å². The number of hydrogen-bond acceptors (Lipinski definition) is 9. The van der Waals surface area contributed by atoms with Crippen LogP contribution < -0.4 is 26.3 Å². The van der Waals surface area contributed by atoms with Gasteiger partial charge in [-0.05, 0) is 66.7 Å².